The minimum Gasteiger partial charge on any atom is -0.381 e. The lowest BCUT2D eigenvalue weighted by molar-refractivity contribution is 0.0855. The lowest BCUT2D eigenvalue weighted by Crippen LogP contribution is -2.35. The van der Waals surface area contributed by atoms with E-state index in [0.29, 0.717) is 22.7 Å². The largest absolute Gasteiger partial charge is 0.381 e. The Balaban J connectivity index is 1.25. The molecule has 3 aromatic rings. The molecule has 7 nitrogen and oxygen atoms in total. The first kappa shape index (κ1) is 21.3. The summed E-state index contributed by atoms with van der Waals surface area (Å²) >= 11 is 2.33. The predicted molar refractivity (Wildman–Crippen MR) is 136 cm³/mol. The van der Waals surface area contributed by atoms with Crippen molar-refractivity contribution in [1.82, 2.24) is 14.6 Å². The van der Waals surface area contributed by atoms with Gasteiger partial charge < -0.3 is 15.0 Å². The molecule has 1 spiro atoms. The van der Waals surface area contributed by atoms with E-state index in [2.05, 4.69) is 44.0 Å². The third-order valence-electron chi connectivity index (χ3n) is 7.63. The van der Waals surface area contributed by atoms with Crippen molar-refractivity contribution in [3.05, 3.63) is 51.4 Å². The number of rotatable bonds is 4. The minimum atomic E-state index is -0.114. The van der Waals surface area contributed by atoms with Gasteiger partial charge in [0, 0.05) is 41.6 Å². The molecule has 0 atom stereocenters. The highest BCUT2D eigenvalue weighted by Crippen LogP contribution is 2.54. The van der Waals surface area contributed by atoms with E-state index in [1.54, 1.807) is 4.52 Å². The van der Waals surface area contributed by atoms with Crippen LogP contribution in [0.25, 0.3) is 5.65 Å². The van der Waals surface area contributed by atoms with Crippen molar-refractivity contribution in [3.8, 4) is 0 Å². The maximum Gasteiger partial charge on any atom is 0.258 e. The van der Waals surface area contributed by atoms with E-state index in [-0.39, 0.29) is 5.91 Å². The zero-order valence-corrected chi connectivity index (χ0v) is 20.8. The molecule has 1 saturated carbocycles. The Morgan fingerprint density at radius 2 is 1.91 bits per heavy atom. The molecule has 3 aliphatic rings. The SMILES string of the molecule is O=C(Nc1ccn2ncc(C3CCOCC3)c2n1)c1ccc(I)cc1N1CCC2(CC1)CC2. The molecule has 1 N–H and O–H groups in total. The molecule has 33 heavy (non-hydrogen) atoms. The van der Waals surface area contributed by atoms with Crippen LogP contribution in [0.2, 0.25) is 0 Å². The molecule has 1 aliphatic carbocycles. The molecule has 1 amide bonds. The number of hydrogen-bond acceptors (Lipinski definition) is 5. The number of nitrogens with zero attached hydrogens (tertiary/aromatic N) is 4. The Bertz CT molecular complexity index is 1190. The Morgan fingerprint density at radius 1 is 1.12 bits per heavy atom. The molecule has 2 aromatic heterocycles. The maximum atomic E-state index is 13.4. The lowest BCUT2D eigenvalue weighted by atomic mass is 9.93. The summed E-state index contributed by atoms with van der Waals surface area (Å²) in [6, 6.07) is 7.90. The summed E-state index contributed by atoms with van der Waals surface area (Å²) in [5.74, 6) is 0.838. The number of halogens is 1. The number of amides is 1. The summed E-state index contributed by atoms with van der Waals surface area (Å²) in [6.07, 6.45) is 10.9. The van der Waals surface area contributed by atoms with Crippen LogP contribution in [-0.4, -0.2) is 46.8 Å². The first-order valence-corrected chi connectivity index (χ1v) is 13.0. The van der Waals surface area contributed by atoms with Gasteiger partial charge >= 0.3 is 0 Å². The number of hydrogen-bond donors (Lipinski definition) is 1. The van der Waals surface area contributed by atoms with Crippen LogP contribution in [0, 0.1) is 8.99 Å². The monoisotopic (exact) mass is 557 g/mol. The summed E-state index contributed by atoms with van der Waals surface area (Å²) in [6.45, 7) is 3.58. The summed E-state index contributed by atoms with van der Waals surface area (Å²) in [5, 5.41) is 7.52. The Morgan fingerprint density at radius 3 is 2.67 bits per heavy atom. The lowest BCUT2D eigenvalue weighted by Gasteiger charge is -2.35. The summed E-state index contributed by atoms with van der Waals surface area (Å²) in [5.41, 5.74) is 4.29. The molecule has 0 radical (unpaired) electrons. The van der Waals surface area contributed by atoms with E-state index < -0.39 is 0 Å². The Kier molecular flexibility index (Phi) is 5.52. The molecule has 3 fully saturated rings. The molecular weight excluding hydrogens is 529 g/mol. The van der Waals surface area contributed by atoms with Crippen molar-refractivity contribution in [2.24, 2.45) is 5.41 Å². The second-order valence-electron chi connectivity index (χ2n) is 9.67. The van der Waals surface area contributed by atoms with Crippen LogP contribution in [0.5, 0.6) is 0 Å². The highest BCUT2D eigenvalue weighted by Gasteiger charge is 2.44. The molecule has 1 aromatic carbocycles. The molecular formula is C25H28IN5O2. The van der Waals surface area contributed by atoms with Crippen LogP contribution in [0.15, 0.2) is 36.7 Å². The third-order valence-corrected chi connectivity index (χ3v) is 8.30. The number of carbonyl (C=O) groups excluding carboxylic acids is 1. The van der Waals surface area contributed by atoms with Gasteiger partial charge in [-0.05, 0) is 96.7 Å². The van der Waals surface area contributed by atoms with Gasteiger partial charge in [0.2, 0.25) is 0 Å². The van der Waals surface area contributed by atoms with Crippen molar-refractivity contribution in [2.45, 2.75) is 44.4 Å². The van der Waals surface area contributed by atoms with E-state index in [9.17, 15) is 4.79 Å². The molecule has 2 aliphatic heterocycles. The van der Waals surface area contributed by atoms with Gasteiger partial charge in [-0.25, -0.2) is 9.50 Å². The number of piperidine rings is 1. The predicted octanol–water partition coefficient (Wildman–Crippen LogP) is 4.86. The number of nitrogens with one attached hydrogen (secondary N) is 1. The molecule has 0 unspecified atom stereocenters. The van der Waals surface area contributed by atoms with E-state index in [4.69, 9.17) is 9.72 Å². The Hall–Kier alpha value is -2.20. The van der Waals surface area contributed by atoms with Crippen LogP contribution in [0.4, 0.5) is 11.5 Å². The number of benzene rings is 1. The zero-order chi connectivity index (χ0) is 22.4. The van der Waals surface area contributed by atoms with Gasteiger partial charge in [-0.1, -0.05) is 0 Å². The fraction of sp³-hybridized carbons (Fsp3) is 0.480. The first-order valence-electron chi connectivity index (χ1n) is 11.9. The van der Waals surface area contributed by atoms with Crippen molar-refractivity contribution >= 4 is 45.7 Å². The van der Waals surface area contributed by atoms with Crippen LogP contribution in [0.1, 0.15) is 60.4 Å². The van der Waals surface area contributed by atoms with E-state index in [1.807, 2.05) is 30.6 Å². The quantitative estimate of drug-likeness (QED) is 0.464. The molecule has 8 heteroatoms. The average molecular weight is 557 g/mol. The van der Waals surface area contributed by atoms with Crippen LogP contribution in [0.3, 0.4) is 0 Å². The van der Waals surface area contributed by atoms with Crippen molar-refractivity contribution in [1.29, 1.82) is 0 Å². The topological polar surface area (TPSA) is 71.8 Å². The average Bonchev–Trinajstić information content (AvgIpc) is 3.46. The van der Waals surface area contributed by atoms with Crippen LogP contribution >= 0.6 is 22.6 Å². The zero-order valence-electron chi connectivity index (χ0n) is 18.6. The van der Waals surface area contributed by atoms with Gasteiger partial charge in [-0.3, -0.25) is 4.79 Å². The minimum absolute atomic E-state index is 0.114. The summed E-state index contributed by atoms with van der Waals surface area (Å²) in [7, 11) is 0. The third kappa shape index (κ3) is 4.23. The number of carbonyl (C=O) groups is 1. The van der Waals surface area contributed by atoms with E-state index >= 15 is 0 Å². The molecule has 172 valence electrons. The maximum absolute atomic E-state index is 13.4. The van der Waals surface area contributed by atoms with Gasteiger partial charge in [0.25, 0.3) is 5.91 Å². The van der Waals surface area contributed by atoms with Gasteiger partial charge in [-0.2, -0.15) is 5.10 Å². The van der Waals surface area contributed by atoms with Gasteiger partial charge in [0.05, 0.1) is 17.4 Å². The summed E-state index contributed by atoms with van der Waals surface area (Å²) < 4.78 is 8.44. The van der Waals surface area contributed by atoms with Gasteiger partial charge in [0.15, 0.2) is 5.65 Å². The van der Waals surface area contributed by atoms with E-state index in [0.717, 1.165) is 59.6 Å². The standard InChI is InChI=1S/C25H28IN5O2/c26-18-1-2-19(21(15-18)30-11-8-25(6-7-25)9-12-30)24(32)29-22-3-10-31-23(28-22)20(16-27-31)17-4-13-33-14-5-17/h1-3,10,15-17H,4-9,11-14H2,(H,28,29,32). The normalized spacial score (nSPS) is 20.3. The second kappa shape index (κ2) is 8.54. The highest BCUT2D eigenvalue weighted by atomic mass is 127. The molecule has 0 bridgehead atoms. The highest BCUT2D eigenvalue weighted by molar-refractivity contribution is 14.1. The first-order chi connectivity index (χ1) is 16.1. The van der Waals surface area contributed by atoms with Gasteiger partial charge in [0.1, 0.15) is 5.82 Å². The van der Waals surface area contributed by atoms with Crippen LogP contribution in [-0.2, 0) is 4.74 Å². The number of ether oxygens (including phenoxy) is 1. The molecule has 2 saturated heterocycles. The number of fused-ring (bicyclic) bond motifs is 1. The Labute approximate surface area is 207 Å². The number of anilines is 2. The van der Waals surface area contributed by atoms with Crippen molar-refractivity contribution in [2.75, 3.05) is 36.5 Å². The van der Waals surface area contributed by atoms with Gasteiger partial charge in [-0.15, -0.1) is 0 Å². The number of aromatic nitrogens is 3. The van der Waals surface area contributed by atoms with Crippen molar-refractivity contribution < 1.29 is 9.53 Å². The second-order valence-corrected chi connectivity index (χ2v) is 10.9. The van der Waals surface area contributed by atoms with Crippen LogP contribution < -0.4 is 10.2 Å². The summed E-state index contributed by atoms with van der Waals surface area (Å²) in [4.78, 5) is 20.5. The van der Waals surface area contributed by atoms with Crippen molar-refractivity contribution in [3.63, 3.8) is 0 Å². The molecule has 6 rings (SSSR count). The molecule has 4 heterocycles. The smallest absolute Gasteiger partial charge is 0.258 e. The fourth-order valence-corrected chi connectivity index (χ4v) is 5.77. The van der Waals surface area contributed by atoms with E-state index in [1.165, 1.54) is 25.7 Å². The fourth-order valence-electron chi connectivity index (χ4n) is 5.29.